The molecule has 0 aliphatic rings. The van der Waals surface area contributed by atoms with Gasteiger partial charge in [-0.2, -0.15) is 0 Å². The number of carboxylic acid groups (broad SMARTS) is 1. The van der Waals surface area contributed by atoms with Gasteiger partial charge in [0.1, 0.15) is 22.9 Å². The molecule has 0 bridgehead atoms. The summed E-state index contributed by atoms with van der Waals surface area (Å²) in [6.45, 7) is 0. The third kappa shape index (κ3) is 3.72. The highest BCUT2D eigenvalue weighted by Crippen LogP contribution is 2.26. The van der Waals surface area contributed by atoms with Crippen LogP contribution in [0.1, 0.15) is 20.7 Å². The van der Waals surface area contributed by atoms with Gasteiger partial charge in [0.05, 0.1) is 23.3 Å². The minimum absolute atomic E-state index is 0.220. The molecule has 2 aromatic rings. The lowest BCUT2D eigenvalue weighted by molar-refractivity contribution is 0.0596. The van der Waals surface area contributed by atoms with Crippen molar-refractivity contribution < 1.29 is 41.7 Å². The second-order valence-electron chi connectivity index (χ2n) is 4.89. The summed E-state index contributed by atoms with van der Waals surface area (Å²) < 4.78 is 58.0. The second-order valence-corrected chi connectivity index (χ2v) is 6.58. The van der Waals surface area contributed by atoms with E-state index in [2.05, 4.69) is 4.74 Å². The molecule has 0 aromatic heterocycles. The first kappa shape index (κ1) is 19.1. The molecule has 3 N–H and O–H groups in total. The number of esters is 1. The molecule has 138 valence electrons. The standard InChI is InChI=1S/C15H11F2NO7S/c1-25-15(22)9-4-7(2-3-13(9)19)26(23,24)18-12-5-8(14(20)21)10(16)6-11(12)17/h2-6,18-19H,1H3,(H,20,21). The highest BCUT2D eigenvalue weighted by atomic mass is 32.2. The van der Waals surface area contributed by atoms with Crippen LogP contribution in [0.5, 0.6) is 5.75 Å². The maximum atomic E-state index is 13.8. The molecule has 0 heterocycles. The van der Waals surface area contributed by atoms with Gasteiger partial charge in [0, 0.05) is 6.07 Å². The molecule has 0 spiro atoms. The third-order valence-electron chi connectivity index (χ3n) is 3.22. The first-order chi connectivity index (χ1) is 12.1. The average molecular weight is 387 g/mol. The first-order valence-corrected chi connectivity index (χ1v) is 8.21. The largest absolute Gasteiger partial charge is 0.507 e. The van der Waals surface area contributed by atoms with Gasteiger partial charge in [-0.15, -0.1) is 0 Å². The number of sulfonamides is 1. The summed E-state index contributed by atoms with van der Waals surface area (Å²) in [4.78, 5) is 21.9. The molecule has 2 aromatic carbocycles. The molecular weight excluding hydrogens is 376 g/mol. The molecule has 0 saturated carbocycles. The van der Waals surface area contributed by atoms with Gasteiger partial charge in [0.2, 0.25) is 0 Å². The minimum Gasteiger partial charge on any atom is -0.507 e. The smallest absolute Gasteiger partial charge is 0.341 e. The fourth-order valence-corrected chi connectivity index (χ4v) is 3.03. The number of benzene rings is 2. The summed E-state index contributed by atoms with van der Waals surface area (Å²) in [5, 5.41) is 18.4. The number of carboxylic acids is 1. The van der Waals surface area contributed by atoms with Gasteiger partial charge < -0.3 is 14.9 Å². The van der Waals surface area contributed by atoms with Crippen molar-refractivity contribution in [3.63, 3.8) is 0 Å². The van der Waals surface area contributed by atoms with E-state index in [-0.39, 0.29) is 6.07 Å². The highest BCUT2D eigenvalue weighted by Gasteiger charge is 2.23. The van der Waals surface area contributed by atoms with Crippen LogP contribution in [-0.4, -0.2) is 37.7 Å². The summed E-state index contributed by atoms with van der Waals surface area (Å²) in [6.07, 6.45) is 0. The number of phenolic OH excluding ortho intramolecular Hbond substituents is 1. The minimum atomic E-state index is -4.50. The number of halogens is 2. The van der Waals surface area contributed by atoms with Gasteiger partial charge in [0.25, 0.3) is 10.0 Å². The van der Waals surface area contributed by atoms with E-state index < -0.39 is 61.1 Å². The topological polar surface area (TPSA) is 130 Å². The van der Waals surface area contributed by atoms with Gasteiger partial charge in [-0.05, 0) is 24.3 Å². The fourth-order valence-electron chi connectivity index (χ4n) is 1.95. The first-order valence-electron chi connectivity index (χ1n) is 6.73. The van der Waals surface area contributed by atoms with Crippen molar-refractivity contribution in [3.05, 3.63) is 53.1 Å². The zero-order valence-corrected chi connectivity index (χ0v) is 13.8. The van der Waals surface area contributed by atoms with Gasteiger partial charge in [-0.1, -0.05) is 0 Å². The number of hydrogen-bond acceptors (Lipinski definition) is 6. The molecule has 26 heavy (non-hydrogen) atoms. The van der Waals surface area contributed by atoms with E-state index >= 15 is 0 Å². The Labute approximate surface area is 145 Å². The van der Waals surface area contributed by atoms with Gasteiger partial charge in [-0.25, -0.2) is 26.8 Å². The monoisotopic (exact) mass is 387 g/mol. The number of anilines is 1. The van der Waals surface area contributed by atoms with E-state index in [4.69, 9.17) is 5.11 Å². The number of aromatic hydroxyl groups is 1. The quantitative estimate of drug-likeness (QED) is 0.669. The number of aromatic carboxylic acids is 1. The summed E-state index contributed by atoms with van der Waals surface area (Å²) in [6, 6.07) is 3.31. The molecule has 8 nitrogen and oxygen atoms in total. The van der Waals surface area contributed by atoms with Crippen LogP contribution in [0.4, 0.5) is 14.5 Å². The molecule has 2 rings (SSSR count). The van der Waals surface area contributed by atoms with Crippen LogP contribution < -0.4 is 4.72 Å². The predicted octanol–water partition coefficient (Wildman–Crippen LogP) is 1.96. The lowest BCUT2D eigenvalue weighted by atomic mass is 10.2. The molecular formula is C15H11F2NO7S. The van der Waals surface area contributed by atoms with Crippen LogP contribution in [0.25, 0.3) is 0 Å². The third-order valence-corrected chi connectivity index (χ3v) is 4.58. The Morgan fingerprint density at radius 3 is 2.31 bits per heavy atom. The highest BCUT2D eigenvalue weighted by molar-refractivity contribution is 7.92. The van der Waals surface area contributed by atoms with Crippen LogP contribution in [-0.2, 0) is 14.8 Å². The average Bonchev–Trinajstić information content (AvgIpc) is 2.56. The number of methoxy groups -OCH3 is 1. The number of carbonyl (C=O) groups excluding carboxylic acids is 1. The van der Waals surface area contributed by atoms with Crippen molar-refractivity contribution in [2.24, 2.45) is 0 Å². The number of ether oxygens (including phenoxy) is 1. The Morgan fingerprint density at radius 2 is 1.73 bits per heavy atom. The van der Waals surface area contributed by atoms with Crippen molar-refractivity contribution in [2.75, 3.05) is 11.8 Å². The van der Waals surface area contributed by atoms with Crippen LogP contribution in [0.15, 0.2) is 35.2 Å². The van der Waals surface area contributed by atoms with Crippen molar-refractivity contribution in [1.29, 1.82) is 0 Å². The maximum Gasteiger partial charge on any atom is 0.341 e. The molecule has 0 radical (unpaired) electrons. The number of rotatable bonds is 5. The lowest BCUT2D eigenvalue weighted by Crippen LogP contribution is -2.16. The number of carbonyl (C=O) groups is 2. The van der Waals surface area contributed by atoms with E-state index in [0.717, 1.165) is 25.3 Å². The zero-order chi connectivity index (χ0) is 19.6. The van der Waals surface area contributed by atoms with Gasteiger partial charge in [-0.3, -0.25) is 4.72 Å². The Hall–Kier alpha value is -3.21. The summed E-state index contributed by atoms with van der Waals surface area (Å²) in [7, 11) is -3.48. The molecule has 0 unspecified atom stereocenters. The molecule has 11 heteroatoms. The van der Waals surface area contributed by atoms with Crippen molar-refractivity contribution in [1.82, 2.24) is 0 Å². The number of phenols is 1. The molecule has 0 aliphatic heterocycles. The van der Waals surface area contributed by atoms with Crippen molar-refractivity contribution in [2.45, 2.75) is 4.90 Å². The van der Waals surface area contributed by atoms with Crippen LogP contribution >= 0.6 is 0 Å². The molecule has 0 fully saturated rings. The Kier molecular flexibility index (Phi) is 5.12. The number of nitrogens with one attached hydrogen (secondary N) is 1. The molecule has 0 amide bonds. The van der Waals surface area contributed by atoms with Crippen molar-refractivity contribution >= 4 is 27.6 Å². The summed E-state index contributed by atoms with van der Waals surface area (Å²) in [5.41, 5.74) is -2.21. The normalized spacial score (nSPS) is 11.0. The van der Waals surface area contributed by atoms with Gasteiger partial charge in [0.15, 0.2) is 0 Å². The van der Waals surface area contributed by atoms with E-state index in [1.807, 2.05) is 0 Å². The summed E-state index contributed by atoms with van der Waals surface area (Å²) >= 11 is 0. The zero-order valence-electron chi connectivity index (χ0n) is 13.0. The molecule has 0 aliphatic carbocycles. The molecule has 0 atom stereocenters. The van der Waals surface area contributed by atoms with Crippen LogP contribution in [0.2, 0.25) is 0 Å². The Bertz CT molecular complexity index is 1010. The fraction of sp³-hybridized carbons (Fsp3) is 0.0667. The Morgan fingerprint density at radius 1 is 1.08 bits per heavy atom. The second kappa shape index (κ2) is 6.96. The number of hydrogen-bond donors (Lipinski definition) is 3. The SMILES string of the molecule is COC(=O)c1cc(S(=O)(=O)Nc2cc(C(=O)O)c(F)cc2F)ccc1O. The lowest BCUT2D eigenvalue weighted by Gasteiger charge is -2.11. The summed E-state index contributed by atoms with van der Waals surface area (Å²) in [5.74, 6) is -6.00. The van der Waals surface area contributed by atoms with Crippen LogP contribution in [0, 0.1) is 11.6 Å². The Balaban J connectivity index is 2.49. The van der Waals surface area contributed by atoms with Gasteiger partial charge >= 0.3 is 11.9 Å². The van der Waals surface area contributed by atoms with E-state index in [1.165, 1.54) is 0 Å². The maximum absolute atomic E-state index is 13.8. The van der Waals surface area contributed by atoms with E-state index in [0.29, 0.717) is 6.07 Å². The van der Waals surface area contributed by atoms with E-state index in [1.54, 1.807) is 4.72 Å². The predicted molar refractivity (Wildman–Crippen MR) is 83.6 cm³/mol. The van der Waals surface area contributed by atoms with E-state index in [9.17, 15) is 31.9 Å². The van der Waals surface area contributed by atoms with Crippen LogP contribution in [0.3, 0.4) is 0 Å². The molecule has 0 saturated heterocycles. The van der Waals surface area contributed by atoms with Crippen molar-refractivity contribution in [3.8, 4) is 5.75 Å².